The molecule has 0 aliphatic heterocycles. The van der Waals surface area contributed by atoms with Gasteiger partial charge in [-0.2, -0.15) is 0 Å². The van der Waals surface area contributed by atoms with Crippen molar-refractivity contribution >= 4 is 5.97 Å². The smallest absolute Gasteiger partial charge is 0.309 e. The average Bonchev–Trinajstić information content (AvgIpc) is 3.44. The van der Waals surface area contributed by atoms with Crippen LogP contribution in [0.4, 0.5) is 0 Å². The van der Waals surface area contributed by atoms with Crippen LogP contribution in [0.2, 0.25) is 0 Å². The van der Waals surface area contributed by atoms with E-state index in [9.17, 15) is 4.79 Å². The third-order valence-corrected chi connectivity index (χ3v) is 11.0. The Morgan fingerprint density at radius 3 is 2.52 bits per heavy atom. The summed E-state index contributed by atoms with van der Waals surface area (Å²) >= 11 is 0. The SMILES string of the molecule is CCC1(OC(=O)C2CC3CC2C2C(C)CC(C)C32)CC2CC1C1CCCC21. The first-order valence-electron chi connectivity index (χ1n) is 12.2. The monoisotopic (exact) mass is 370 g/mol. The van der Waals surface area contributed by atoms with Crippen molar-refractivity contribution in [1.82, 2.24) is 0 Å². The van der Waals surface area contributed by atoms with E-state index in [0.29, 0.717) is 11.8 Å². The van der Waals surface area contributed by atoms with E-state index in [0.717, 1.165) is 60.2 Å². The van der Waals surface area contributed by atoms with Gasteiger partial charge in [0.05, 0.1) is 5.92 Å². The molecule has 6 rings (SSSR count). The zero-order valence-electron chi connectivity index (χ0n) is 17.5. The van der Waals surface area contributed by atoms with Crippen LogP contribution in [-0.2, 0) is 9.53 Å². The van der Waals surface area contributed by atoms with E-state index in [4.69, 9.17) is 4.74 Å². The maximum atomic E-state index is 13.5. The molecule has 12 unspecified atom stereocenters. The third kappa shape index (κ3) is 2.17. The van der Waals surface area contributed by atoms with Gasteiger partial charge in [-0.05, 0) is 105 Å². The summed E-state index contributed by atoms with van der Waals surface area (Å²) < 4.78 is 6.60. The molecular weight excluding hydrogens is 332 g/mol. The average molecular weight is 371 g/mol. The second-order valence-corrected chi connectivity index (χ2v) is 11.8. The molecule has 6 aliphatic carbocycles. The van der Waals surface area contributed by atoms with Crippen molar-refractivity contribution in [2.24, 2.45) is 65.1 Å². The molecule has 4 bridgehead atoms. The number of hydrogen-bond donors (Lipinski definition) is 0. The van der Waals surface area contributed by atoms with Crippen LogP contribution in [0.15, 0.2) is 0 Å². The van der Waals surface area contributed by atoms with Crippen molar-refractivity contribution in [3.63, 3.8) is 0 Å². The van der Waals surface area contributed by atoms with Gasteiger partial charge in [-0.25, -0.2) is 0 Å². The summed E-state index contributed by atoms with van der Waals surface area (Å²) in [5.41, 5.74) is -0.0942. The predicted molar refractivity (Wildman–Crippen MR) is 106 cm³/mol. The van der Waals surface area contributed by atoms with E-state index < -0.39 is 0 Å². The van der Waals surface area contributed by atoms with Crippen molar-refractivity contribution in [3.05, 3.63) is 0 Å². The van der Waals surface area contributed by atoms with Crippen LogP contribution in [0.5, 0.6) is 0 Å². The van der Waals surface area contributed by atoms with Crippen molar-refractivity contribution in [2.75, 3.05) is 0 Å². The van der Waals surface area contributed by atoms with Crippen LogP contribution in [0.25, 0.3) is 0 Å². The Hall–Kier alpha value is -0.530. The van der Waals surface area contributed by atoms with Gasteiger partial charge < -0.3 is 4.74 Å². The van der Waals surface area contributed by atoms with Crippen LogP contribution >= 0.6 is 0 Å². The van der Waals surface area contributed by atoms with Gasteiger partial charge in [0.25, 0.3) is 0 Å². The van der Waals surface area contributed by atoms with Crippen LogP contribution in [0.3, 0.4) is 0 Å². The van der Waals surface area contributed by atoms with Gasteiger partial charge in [-0.15, -0.1) is 0 Å². The van der Waals surface area contributed by atoms with Gasteiger partial charge >= 0.3 is 5.97 Å². The first kappa shape index (κ1) is 17.3. The molecule has 0 amide bonds. The fourth-order valence-corrected chi connectivity index (χ4v) is 10.4. The third-order valence-electron chi connectivity index (χ3n) is 11.0. The highest BCUT2D eigenvalue weighted by atomic mass is 16.6. The number of esters is 1. The highest BCUT2D eigenvalue weighted by Gasteiger charge is 2.64. The van der Waals surface area contributed by atoms with Crippen molar-refractivity contribution in [3.8, 4) is 0 Å². The fraction of sp³-hybridized carbons (Fsp3) is 0.960. The molecule has 0 aromatic heterocycles. The Bertz CT molecular complexity index is 642. The topological polar surface area (TPSA) is 26.3 Å². The number of hydrogen-bond acceptors (Lipinski definition) is 2. The molecule has 0 saturated heterocycles. The molecule has 0 spiro atoms. The summed E-state index contributed by atoms with van der Waals surface area (Å²) in [6.07, 6.45) is 11.7. The van der Waals surface area contributed by atoms with Gasteiger partial charge in [0.1, 0.15) is 5.60 Å². The Balaban J connectivity index is 1.21. The number of ether oxygens (including phenoxy) is 1. The number of rotatable bonds is 3. The highest BCUT2D eigenvalue weighted by molar-refractivity contribution is 5.74. The zero-order valence-corrected chi connectivity index (χ0v) is 17.5. The number of fused-ring (bicyclic) bond motifs is 10. The maximum Gasteiger partial charge on any atom is 0.309 e. The molecule has 0 N–H and O–H groups in total. The standard InChI is InChI=1S/C25H38O2/c1-4-25(12-16-11-21(25)18-7-5-6-17(16)18)27-24(26)20-10-15-9-19(20)23-14(3)8-13(2)22(15)23/h13-23H,4-12H2,1-3H3. The molecule has 6 fully saturated rings. The number of carbonyl (C=O) groups is 1. The summed E-state index contributed by atoms with van der Waals surface area (Å²) in [6, 6.07) is 0. The van der Waals surface area contributed by atoms with Crippen molar-refractivity contribution in [2.45, 2.75) is 84.2 Å². The minimum atomic E-state index is -0.0942. The van der Waals surface area contributed by atoms with Gasteiger partial charge in [-0.3, -0.25) is 4.79 Å². The maximum absolute atomic E-state index is 13.5. The van der Waals surface area contributed by atoms with E-state index in [1.165, 1.54) is 44.9 Å². The molecule has 6 aliphatic rings. The lowest BCUT2D eigenvalue weighted by Crippen LogP contribution is -2.47. The molecule has 2 nitrogen and oxygen atoms in total. The first-order chi connectivity index (χ1) is 13.0. The summed E-state index contributed by atoms with van der Waals surface area (Å²) in [5.74, 6) is 8.70. The second-order valence-electron chi connectivity index (χ2n) is 11.8. The van der Waals surface area contributed by atoms with Gasteiger partial charge in [0, 0.05) is 5.92 Å². The molecule has 0 radical (unpaired) electrons. The highest BCUT2D eigenvalue weighted by Crippen LogP contribution is 2.66. The lowest BCUT2D eigenvalue weighted by atomic mass is 9.70. The van der Waals surface area contributed by atoms with E-state index in [1.807, 2.05) is 0 Å². The minimum Gasteiger partial charge on any atom is -0.459 e. The molecule has 12 atom stereocenters. The summed E-state index contributed by atoms with van der Waals surface area (Å²) in [4.78, 5) is 13.5. The molecule has 27 heavy (non-hydrogen) atoms. The minimum absolute atomic E-state index is 0.0942. The normalized spacial score (nSPS) is 60.0. The quantitative estimate of drug-likeness (QED) is 0.596. The molecule has 6 saturated carbocycles. The Labute approximate surface area is 165 Å². The molecular formula is C25H38O2. The number of carbonyl (C=O) groups excluding carboxylic acids is 1. The molecule has 0 aromatic carbocycles. The van der Waals surface area contributed by atoms with E-state index in [-0.39, 0.29) is 17.5 Å². The van der Waals surface area contributed by atoms with Gasteiger partial charge in [0.2, 0.25) is 0 Å². The lowest BCUT2D eigenvalue weighted by molar-refractivity contribution is -0.178. The largest absolute Gasteiger partial charge is 0.459 e. The van der Waals surface area contributed by atoms with Crippen LogP contribution < -0.4 is 0 Å². The summed E-state index contributed by atoms with van der Waals surface area (Å²) in [6.45, 7) is 7.21. The Kier molecular flexibility index (Phi) is 3.70. The predicted octanol–water partition coefficient (Wildman–Crippen LogP) is 5.70. The lowest BCUT2D eigenvalue weighted by Gasteiger charge is -2.43. The first-order valence-corrected chi connectivity index (χ1v) is 12.2. The molecule has 0 aromatic rings. The second kappa shape index (κ2) is 5.76. The van der Waals surface area contributed by atoms with E-state index >= 15 is 0 Å². The summed E-state index contributed by atoms with van der Waals surface area (Å²) in [7, 11) is 0. The zero-order chi connectivity index (χ0) is 18.5. The molecule has 150 valence electrons. The Morgan fingerprint density at radius 2 is 1.70 bits per heavy atom. The van der Waals surface area contributed by atoms with Gasteiger partial charge in [0.15, 0.2) is 0 Å². The van der Waals surface area contributed by atoms with Crippen molar-refractivity contribution in [1.29, 1.82) is 0 Å². The van der Waals surface area contributed by atoms with Crippen molar-refractivity contribution < 1.29 is 9.53 Å². The van der Waals surface area contributed by atoms with Crippen LogP contribution in [-0.4, -0.2) is 11.6 Å². The van der Waals surface area contributed by atoms with Gasteiger partial charge in [-0.1, -0.05) is 27.2 Å². The van der Waals surface area contributed by atoms with E-state index in [2.05, 4.69) is 20.8 Å². The van der Waals surface area contributed by atoms with Crippen LogP contribution in [0.1, 0.15) is 78.6 Å². The summed E-state index contributed by atoms with van der Waals surface area (Å²) in [5, 5.41) is 0. The molecule has 0 heterocycles. The Morgan fingerprint density at radius 1 is 0.926 bits per heavy atom. The van der Waals surface area contributed by atoms with E-state index in [1.54, 1.807) is 0 Å². The van der Waals surface area contributed by atoms with Crippen LogP contribution in [0, 0.1) is 65.1 Å². The fourth-order valence-electron chi connectivity index (χ4n) is 10.4. The molecule has 2 heteroatoms.